The molecule has 2 fully saturated rings. The van der Waals surface area contributed by atoms with Crippen molar-refractivity contribution in [2.24, 2.45) is 5.41 Å². The molecule has 0 radical (unpaired) electrons. The quantitative estimate of drug-likeness (QED) is 0.303. The molecule has 2 aliphatic rings. The van der Waals surface area contributed by atoms with E-state index < -0.39 is 48.2 Å². The standard InChI is InChI=1S/C18H27N3O8/c1-2-8-27-10-18(5-3-6-18)16(25)29-20-12-4-7-21(17(26)19-12)15-14(24)13(23)11(9-22)28-15/h4,7,11,13-15,22-24H,2-3,5-6,8-10H2,1H3,(H,19,20,26)/t11-,13-,14-,15-/m1/s1. The Labute approximate surface area is 167 Å². The number of ether oxygens (including phenoxy) is 2. The summed E-state index contributed by atoms with van der Waals surface area (Å²) >= 11 is 0. The van der Waals surface area contributed by atoms with E-state index >= 15 is 0 Å². The van der Waals surface area contributed by atoms with Crippen LogP contribution in [-0.2, 0) is 19.1 Å². The monoisotopic (exact) mass is 413 g/mol. The SMILES string of the molecule is CCCOCC1(C(=O)ONc2ccn([C@@H]3O[C@H](CO)[C@@H](O)[C@H]3O)c(=O)n2)CCC1. The molecular formula is C18H27N3O8. The van der Waals surface area contributed by atoms with Crippen LogP contribution in [0.2, 0.25) is 0 Å². The van der Waals surface area contributed by atoms with Gasteiger partial charge in [-0.1, -0.05) is 13.3 Å². The summed E-state index contributed by atoms with van der Waals surface area (Å²) in [7, 11) is 0. The van der Waals surface area contributed by atoms with Crippen molar-refractivity contribution in [3.05, 3.63) is 22.7 Å². The van der Waals surface area contributed by atoms with Crippen LogP contribution in [0.5, 0.6) is 0 Å². The lowest BCUT2D eigenvalue weighted by Crippen LogP contribution is -2.44. The predicted octanol–water partition coefficient (Wildman–Crippen LogP) is -0.678. The highest BCUT2D eigenvalue weighted by molar-refractivity contribution is 5.78. The van der Waals surface area contributed by atoms with Crippen molar-refractivity contribution in [3.63, 3.8) is 0 Å². The number of aliphatic hydroxyl groups is 3. The van der Waals surface area contributed by atoms with E-state index in [1.807, 2.05) is 6.92 Å². The summed E-state index contributed by atoms with van der Waals surface area (Å²) in [5.41, 5.74) is 0.926. The molecule has 1 saturated carbocycles. The number of nitrogens with zero attached hydrogens (tertiary/aromatic N) is 2. The van der Waals surface area contributed by atoms with Gasteiger partial charge in [-0.15, -0.1) is 0 Å². The van der Waals surface area contributed by atoms with Crippen molar-refractivity contribution in [1.82, 2.24) is 9.55 Å². The van der Waals surface area contributed by atoms with Crippen LogP contribution in [0.3, 0.4) is 0 Å². The van der Waals surface area contributed by atoms with Crippen molar-refractivity contribution in [1.29, 1.82) is 0 Å². The third-order valence-electron chi connectivity index (χ3n) is 5.34. The van der Waals surface area contributed by atoms with Gasteiger partial charge in [-0.25, -0.2) is 15.1 Å². The maximum Gasteiger partial charge on any atom is 0.351 e. The first kappa shape index (κ1) is 21.7. The molecule has 0 aromatic carbocycles. The van der Waals surface area contributed by atoms with Gasteiger partial charge in [-0.2, -0.15) is 4.98 Å². The van der Waals surface area contributed by atoms with Gasteiger partial charge >= 0.3 is 11.7 Å². The van der Waals surface area contributed by atoms with Crippen LogP contribution in [0.15, 0.2) is 17.1 Å². The van der Waals surface area contributed by atoms with E-state index in [1.165, 1.54) is 12.3 Å². The minimum absolute atomic E-state index is 0.00953. The fraction of sp³-hybridized carbons (Fsp3) is 0.722. The zero-order valence-electron chi connectivity index (χ0n) is 16.2. The van der Waals surface area contributed by atoms with E-state index in [0.29, 0.717) is 26.1 Å². The molecule has 1 aromatic rings. The number of nitrogens with one attached hydrogen (secondary N) is 1. The summed E-state index contributed by atoms with van der Waals surface area (Å²) in [5.74, 6) is -0.454. The number of hydrogen-bond acceptors (Lipinski definition) is 10. The normalized spacial score (nSPS) is 28.0. The molecular weight excluding hydrogens is 386 g/mol. The Kier molecular flexibility index (Phi) is 6.85. The second-order valence-electron chi connectivity index (χ2n) is 7.41. The molecule has 11 heteroatoms. The Bertz CT molecular complexity index is 766. The Morgan fingerprint density at radius 1 is 1.41 bits per heavy atom. The van der Waals surface area contributed by atoms with Crippen LogP contribution in [-0.4, -0.2) is 69.0 Å². The summed E-state index contributed by atoms with van der Waals surface area (Å²) in [5, 5.41) is 29.0. The lowest BCUT2D eigenvalue weighted by atomic mass is 9.69. The molecule has 3 rings (SSSR count). The first-order chi connectivity index (χ1) is 13.9. The number of carbonyl (C=O) groups excluding carboxylic acids is 1. The maximum absolute atomic E-state index is 12.4. The molecule has 1 aliphatic carbocycles. The van der Waals surface area contributed by atoms with Crippen molar-refractivity contribution >= 4 is 11.8 Å². The molecule has 11 nitrogen and oxygen atoms in total. The van der Waals surface area contributed by atoms with E-state index in [-0.39, 0.29) is 5.82 Å². The van der Waals surface area contributed by atoms with Crippen LogP contribution in [0.1, 0.15) is 38.8 Å². The number of aliphatic hydroxyl groups excluding tert-OH is 3. The maximum atomic E-state index is 12.4. The first-order valence-electron chi connectivity index (χ1n) is 9.68. The van der Waals surface area contributed by atoms with E-state index in [4.69, 9.17) is 19.4 Å². The Morgan fingerprint density at radius 3 is 2.72 bits per heavy atom. The summed E-state index contributed by atoms with van der Waals surface area (Å²) in [4.78, 5) is 33.6. The van der Waals surface area contributed by atoms with Crippen molar-refractivity contribution in [3.8, 4) is 0 Å². The van der Waals surface area contributed by atoms with E-state index in [0.717, 1.165) is 17.4 Å². The fourth-order valence-electron chi connectivity index (χ4n) is 3.40. The topological polar surface area (TPSA) is 152 Å². The second-order valence-corrected chi connectivity index (χ2v) is 7.41. The Hall–Kier alpha value is -2.05. The number of rotatable bonds is 9. The summed E-state index contributed by atoms with van der Waals surface area (Å²) < 4.78 is 11.8. The third kappa shape index (κ3) is 4.43. The van der Waals surface area contributed by atoms with Gasteiger partial charge in [-0.3, -0.25) is 4.57 Å². The van der Waals surface area contributed by atoms with Crippen molar-refractivity contribution in [2.45, 2.75) is 57.1 Å². The predicted molar refractivity (Wildman–Crippen MR) is 98.6 cm³/mol. The summed E-state index contributed by atoms with van der Waals surface area (Å²) in [6.07, 6.45) is -0.497. The molecule has 0 bridgehead atoms. The van der Waals surface area contributed by atoms with E-state index in [1.54, 1.807) is 0 Å². The molecule has 2 heterocycles. The molecule has 0 unspecified atom stereocenters. The lowest BCUT2D eigenvalue weighted by molar-refractivity contribution is -0.164. The molecule has 0 spiro atoms. The van der Waals surface area contributed by atoms with Gasteiger partial charge in [0.25, 0.3) is 0 Å². The van der Waals surface area contributed by atoms with Crippen molar-refractivity contribution < 1.29 is 34.4 Å². The third-order valence-corrected chi connectivity index (χ3v) is 5.34. The van der Waals surface area contributed by atoms with Crippen LogP contribution >= 0.6 is 0 Å². The molecule has 0 amide bonds. The van der Waals surface area contributed by atoms with Gasteiger partial charge in [0.1, 0.15) is 18.3 Å². The van der Waals surface area contributed by atoms with Gasteiger partial charge in [0.15, 0.2) is 12.0 Å². The molecule has 4 N–H and O–H groups in total. The minimum atomic E-state index is -1.40. The Morgan fingerprint density at radius 2 is 2.17 bits per heavy atom. The molecule has 1 saturated heterocycles. The fourth-order valence-corrected chi connectivity index (χ4v) is 3.40. The van der Waals surface area contributed by atoms with Crippen LogP contribution in [0, 0.1) is 5.41 Å². The van der Waals surface area contributed by atoms with Crippen LogP contribution in [0.4, 0.5) is 5.82 Å². The minimum Gasteiger partial charge on any atom is -0.394 e. The molecule has 1 aromatic heterocycles. The summed E-state index contributed by atoms with van der Waals surface area (Å²) in [6.45, 7) is 2.35. The summed E-state index contributed by atoms with van der Waals surface area (Å²) in [6, 6.07) is 1.37. The van der Waals surface area contributed by atoms with Crippen molar-refractivity contribution in [2.75, 3.05) is 25.3 Å². The molecule has 162 valence electrons. The highest BCUT2D eigenvalue weighted by Crippen LogP contribution is 2.42. The van der Waals surface area contributed by atoms with Gasteiger partial charge < -0.3 is 29.6 Å². The Balaban J connectivity index is 1.61. The molecule has 4 atom stereocenters. The second kappa shape index (κ2) is 9.18. The molecule has 29 heavy (non-hydrogen) atoms. The number of carbonyl (C=O) groups is 1. The van der Waals surface area contributed by atoms with Gasteiger partial charge in [0.2, 0.25) is 0 Å². The zero-order chi connectivity index (χ0) is 21.0. The number of hydrogen-bond donors (Lipinski definition) is 4. The lowest BCUT2D eigenvalue weighted by Gasteiger charge is -2.38. The van der Waals surface area contributed by atoms with Crippen LogP contribution < -0.4 is 11.2 Å². The zero-order valence-corrected chi connectivity index (χ0v) is 16.2. The molecule has 1 aliphatic heterocycles. The number of anilines is 1. The smallest absolute Gasteiger partial charge is 0.351 e. The van der Waals surface area contributed by atoms with Gasteiger partial charge in [-0.05, 0) is 19.3 Å². The van der Waals surface area contributed by atoms with Gasteiger partial charge in [0.05, 0.1) is 18.6 Å². The van der Waals surface area contributed by atoms with E-state index in [9.17, 15) is 19.8 Å². The van der Waals surface area contributed by atoms with Gasteiger partial charge in [0, 0.05) is 18.9 Å². The largest absolute Gasteiger partial charge is 0.394 e. The van der Waals surface area contributed by atoms with E-state index in [2.05, 4.69) is 10.5 Å². The highest BCUT2D eigenvalue weighted by Gasteiger charge is 2.46. The average Bonchev–Trinajstić information content (AvgIpc) is 2.96. The number of aromatic nitrogens is 2. The highest BCUT2D eigenvalue weighted by atomic mass is 16.7. The van der Waals surface area contributed by atoms with Crippen LogP contribution in [0.25, 0.3) is 0 Å². The first-order valence-corrected chi connectivity index (χ1v) is 9.68. The average molecular weight is 413 g/mol.